The van der Waals surface area contributed by atoms with Gasteiger partial charge in [0.15, 0.2) is 11.0 Å². The van der Waals surface area contributed by atoms with Crippen LogP contribution in [0.1, 0.15) is 32.0 Å². The van der Waals surface area contributed by atoms with E-state index in [2.05, 4.69) is 35.3 Å². The summed E-state index contributed by atoms with van der Waals surface area (Å²) in [5, 5.41) is 9.49. The van der Waals surface area contributed by atoms with E-state index in [0.717, 1.165) is 36.4 Å². The lowest BCUT2D eigenvalue weighted by Crippen LogP contribution is -2.35. The Morgan fingerprint density at radius 3 is 2.63 bits per heavy atom. The monoisotopic (exact) mass is 494 g/mol. The van der Waals surface area contributed by atoms with Crippen LogP contribution in [0, 0.1) is 5.92 Å². The zero-order valence-electron chi connectivity index (χ0n) is 20.6. The number of nitrogens with zero attached hydrogens (tertiary/aromatic N) is 4. The van der Waals surface area contributed by atoms with E-state index < -0.39 is 0 Å². The maximum atomic E-state index is 12.9. The van der Waals surface area contributed by atoms with Crippen molar-refractivity contribution in [1.82, 2.24) is 19.7 Å². The lowest BCUT2D eigenvalue weighted by molar-refractivity contribution is -0.128. The van der Waals surface area contributed by atoms with Crippen molar-refractivity contribution >= 4 is 17.7 Å². The molecule has 0 unspecified atom stereocenters. The first-order chi connectivity index (χ1) is 17.2. The average Bonchev–Trinajstić information content (AvgIpc) is 3.63. The fourth-order valence-corrected chi connectivity index (χ4v) is 4.83. The number of carbonyl (C=O) groups excluding carboxylic acids is 1. The molecule has 7 nitrogen and oxygen atoms in total. The first-order valence-corrected chi connectivity index (χ1v) is 13.3. The molecule has 1 fully saturated rings. The summed E-state index contributed by atoms with van der Waals surface area (Å²) in [4.78, 5) is 14.9. The summed E-state index contributed by atoms with van der Waals surface area (Å²) >= 11 is 1.44. The molecule has 0 spiro atoms. The van der Waals surface area contributed by atoms with Gasteiger partial charge < -0.3 is 18.9 Å². The molecule has 1 saturated carbocycles. The zero-order valence-corrected chi connectivity index (χ0v) is 21.4. The number of methoxy groups -OCH3 is 1. The molecule has 2 aromatic carbocycles. The summed E-state index contributed by atoms with van der Waals surface area (Å²) in [6.45, 7) is 5.20. The molecule has 0 saturated heterocycles. The van der Waals surface area contributed by atoms with E-state index in [4.69, 9.17) is 9.47 Å². The summed E-state index contributed by atoms with van der Waals surface area (Å²) in [5.74, 6) is 2.71. The van der Waals surface area contributed by atoms with Crippen LogP contribution in [0.25, 0.3) is 11.1 Å². The molecule has 4 rings (SSSR count). The van der Waals surface area contributed by atoms with Gasteiger partial charge in [0.2, 0.25) is 5.91 Å². The Morgan fingerprint density at radius 1 is 1.11 bits per heavy atom. The largest absolute Gasteiger partial charge is 0.485 e. The minimum Gasteiger partial charge on any atom is -0.485 e. The first-order valence-electron chi connectivity index (χ1n) is 12.3. The average molecular weight is 495 g/mol. The van der Waals surface area contributed by atoms with Crippen molar-refractivity contribution in [1.29, 1.82) is 0 Å². The molecule has 1 aromatic heterocycles. The van der Waals surface area contributed by atoms with Crippen molar-refractivity contribution in [2.45, 2.75) is 44.5 Å². The highest BCUT2D eigenvalue weighted by atomic mass is 32.2. The summed E-state index contributed by atoms with van der Waals surface area (Å²) in [6.07, 6.45) is 3.45. The smallest absolute Gasteiger partial charge is 0.233 e. The van der Waals surface area contributed by atoms with Crippen LogP contribution in [0.15, 0.2) is 59.8 Å². The van der Waals surface area contributed by atoms with Crippen molar-refractivity contribution in [3.8, 4) is 16.9 Å². The van der Waals surface area contributed by atoms with Crippen molar-refractivity contribution in [3.05, 3.63) is 60.4 Å². The quantitative estimate of drug-likeness (QED) is 0.297. The molecule has 8 heteroatoms. The van der Waals surface area contributed by atoms with Gasteiger partial charge in [0.25, 0.3) is 0 Å². The van der Waals surface area contributed by atoms with Gasteiger partial charge in [-0.1, -0.05) is 67.2 Å². The molecule has 1 heterocycles. The molecule has 0 aliphatic heterocycles. The minimum atomic E-state index is 0.166. The van der Waals surface area contributed by atoms with Crippen molar-refractivity contribution in [2.75, 3.05) is 32.6 Å². The normalized spacial score (nSPS) is 13.1. The van der Waals surface area contributed by atoms with Gasteiger partial charge in [0, 0.05) is 32.3 Å². The number of para-hydroxylation sites is 1. The molecule has 35 heavy (non-hydrogen) atoms. The zero-order chi connectivity index (χ0) is 24.5. The maximum Gasteiger partial charge on any atom is 0.233 e. The second-order valence-corrected chi connectivity index (χ2v) is 9.71. The molecule has 0 radical (unpaired) electrons. The third kappa shape index (κ3) is 7.08. The predicted octanol–water partition coefficient (Wildman–Crippen LogP) is 4.91. The Bertz CT molecular complexity index is 1090. The van der Waals surface area contributed by atoms with Gasteiger partial charge in [0.1, 0.15) is 12.4 Å². The summed E-state index contributed by atoms with van der Waals surface area (Å²) < 4.78 is 13.5. The number of hydrogen-bond donors (Lipinski definition) is 0. The van der Waals surface area contributed by atoms with Gasteiger partial charge in [-0.2, -0.15) is 0 Å². The van der Waals surface area contributed by atoms with Crippen LogP contribution in [-0.4, -0.2) is 58.1 Å². The SMILES string of the molecule is CCCN(CC1CC1)C(=O)CSc1nnc(COc2ccccc2-c2ccccc2)n1CCOC. The van der Waals surface area contributed by atoms with Crippen LogP contribution >= 0.6 is 11.8 Å². The van der Waals surface area contributed by atoms with E-state index in [1.807, 2.05) is 45.9 Å². The molecule has 1 aliphatic rings. The van der Waals surface area contributed by atoms with E-state index in [0.29, 0.717) is 35.8 Å². The highest BCUT2D eigenvalue weighted by Gasteiger charge is 2.26. The summed E-state index contributed by atoms with van der Waals surface area (Å²) in [6, 6.07) is 18.2. The van der Waals surface area contributed by atoms with Gasteiger partial charge in [-0.15, -0.1) is 10.2 Å². The van der Waals surface area contributed by atoms with Crippen molar-refractivity contribution < 1.29 is 14.3 Å². The van der Waals surface area contributed by atoms with Crippen molar-refractivity contribution in [3.63, 3.8) is 0 Å². The molecule has 1 aliphatic carbocycles. The molecule has 3 aromatic rings. The van der Waals surface area contributed by atoms with Crippen LogP contribution in [0.2, 0.25) is 0 Å². The Labute approximate surface area is 211 Å². The lowest BCUT2D eigenvalue weighted by atomic mass is 10.1. The maximum absolute atomic E-state index is 12.9. The van der Waals surface area contributed by atoms with E-state index in [-0.39, 0.29) is 12.5 Å². The highest BCUT2D eigenvalue weighted by Crippen LogP contribution is 2.31. The summed E-state index contributed by atoms with van der Waals surface area (Å²) in [5.41, 5.74) is 2.13. The second kappa shape index (κ2) is 12.7. The number of aromatic nitrogens is 3. The van der Waals surface area contributed by atoms with E-state index in [9.17, 15) is 4.79 Å². The molecule has 0 bridgehead atoms. The lowest BCUT2D eigenvalue weighted by Gasteiger charge is -2.21. The number of carbonyl (C=O) groups is 1. The fraction of sp³-hybridized carbons (Fsp3) is 0.444. The second-order valence-electron chi connectivity index (χ2n) is 8.77. The van der Waals surface area contributed by atoms with Gasteiger partial charge >= 0.3 is 0 Å². The third-order valence-electron chi connectivity index (χ3n) is 5.99. The Morgan fingerprint density at radius 2 is 1.89 bits per heavy atom. The van der Waals surface area contributed by atoms with Gasteiger partial charge in [-0.3, -0.25) is 4.79 Å². The molecule has 0 N–H and O–H groups in total. The number of hydrogen-bond acceptors (Lipinski definition) is 6. The number of benzene rings is 2. The van der Waals surface area contributed by atoms with Crippen LogP contribution in [0.4, 0.5) is 0 Å². The van der Waals surface area contributed by atoms with Gasteiger partial charge in [-0.25, -0.2) is 0 Å². The minimum absolute atomic E-state index is 0.166. The third-order valence-corrected chi connectivity index (χ3v) is 6.94. The number of ether oxygens (including phenoxy) is 2. The molecular weight excluding hydrogens is 460 g/mol. The van der Waals surface area contributed by atoms with E-state index in [1.54, 1.807) is 7.11 Å². The number of rotatable bonds is 14. The first kappa shape index (κ1) is 25.3. The number of thioether (sulfide) groups is 1. The standard InChI is InChI=1S/C27H34N4O3S/c1-3-15-30(18-21-13-14-21)26(32)20-35-27-29-28-25(31(27)16-17-33-2)19-34-24-12-8-7-11-23(24)22-9-5-4-6-10-22/h4-12,21H,3,13-20H2,1-2H3. The Balaban J connectivity index is 1.44. The molecular formula is C27H34N4O3S. The Kier molecular flexibility index (Phi) is 9.20. The highest BCUT2D eigenvalue weighted by molar-refractivity contribution is 7.99. The summed E-state index contributed by atoms with van der Waals surface area (Å²) in [7, 11) is 1.67. The van der Waals surface area contributed by atoms with E-state index in [1.165, 1.54) is 24.6 Å². The molecule has 1 amide bonds. The van der Waals surface area contributed by atoms with E-state index >= 15 is 0 Å². The number of amides is 1. The topological polar surface area (TPSA) is 69.5 Å². The molecule has 0 atom stereocenters. The predicted molar refractivity (Wildman–Crippen MR) is 138 cm³/mol. The van der Waals surface area contributed by atoms with Gasteiger partial charge in [0.05, 0.1) is 12.4 Å². The van der Waals surface area contributed by atoms with Gasteiger partial charge in [-0.05, 0) is 36.8 Å². The molecule has 186 valence electrons. The fourth-order valence-electron chi connectivity index (χ4n) is 3.95. The van der Waals surface area contributed by atoms with Crippen LogP contribution in [0.5, 0.6) is 5.75 Å². The van der Waals surface area contributed by atoms with Crippen molar-refractivity contribution in [2.24, 2.45) is 5.92 Å². The van der Waals surface area contributed by atoms with Crippen LogP contribution < -0.4 is 4.74 Å². The van der Waals surface area contributed by atoms with Crippen LogP contribution in [0.3, 0.4) is 0 Å². The Hall–Kier alpha value is -2.84. The van der Waals surface area contributed by atoms with Crippen LogP contribution in [-0.2, 0) is 22.7 Å².